The molecule has 12 heteroatoms. The summed E-state index contributed by atoms with van der Waals surface area (Å²) in [7, 11) is 0. The summed E-state index contributed by atoms with van der Waals surface area (Å²) in [6, 6.07) is 2.99. The van der Waals surface area contributed by atoms with E-state index in [-0.39, 0.29) is 45.2 Å². The Morgan fingerprint density at radius 1 is 0.593 bits per heavy atom. The monoisotopic (exact) mass is 748 g/mol. The first-order chi connectivity index (χ1) is 25.6. The van der Waals surface area contributed by atoms with Gasteiger partial charge in [-0.25, -0.2) is 0 Å². The molecule has 0 unspecified atom stereocenters. The highest BCUT2D eigenvalue weighted by Gasteiger charge is 2.55. The number of hydrogen-bond acceptors (Lipinski definition) is 10. The van der Waals surface area contributed by atoms with Gasteiger partial charge >= 0.3 is 23.3 Å². The number of fused-ring (bicyclic) bond motifs is 6. The molecule has 8 rings (SSSR count). The second kappa shape index (κ2) is 15.3. The first kappa shape index (κ1) is 39.8. The van der Waals surface area contributed by atoms with Crippen molar-refractivity contribution in [2.24, 2.45) is 10.8 Å². The minimum absolute atomic E-state index is 0.130. The number of rotatable bonds is 15. The molecule has 6 aliphatic carbocycles. The van der Waals surface area contributed by atoms with Gasteiger partial charge < -0.3 is 18.9 Å². The van der Waals surface area contributed by atoms with Crippen LogP contribution < -0.4 is 9.47 Å². The van der Waals surface area contributed by atoms with Gasteiger partial charge in [0.05, 0.1) is 31.9 Å². The van der Waals surface area contributed by atoms with Crippen LogP contribution in [0, 0.1) is 58.8 Å². The van der Waals surface area contributed by atoms with Crippen LogP contribution in [0.5, 0.6) is 11.5 Å². The van der Waals surface area contributed by atoms with Crippen LogP contribution >= 0.6 is 0 Å². The smallest absolute Gasteiger partial charge is 0.317 e. The number of esters is 2. The fourth-order valence-electron chi connectivity index (χ4n) is 9.88. The van der Waals surface area contributed by atoms with Crippen molar-refractivity contribution < 1.29 is 38.4 Å². The van der Waals surface area contributed by atoms with Crippen molar-refractivity contribution in [3.8, 4) is 22.6 Å². The number of benzene rings is 2. The molecule has 0 amide bonds. The number of aryl methyl sites for hydroxylation is 2. The summed E-state index contributed by atoms with van der Waals surface area (Å²) in [6.45, 7) is 12.3. The highest BCUT2D eigenvalue weighted by Crippen LogP contribution is 2.57. The first-order valence-electron chi connectivity index (χ1n) is 19.9. The number of unbranched alkanes of at least 4 members (excludes halogenated alkanes) is 2. The molecule has 6 saturated carbocycles. The molecular weight excluding hydrogens is 692 g/mol. The number of carbonyl (C=O) groups is 2. The fourth-order valence-corrected chi connectivity index (χ4v) is 9.88. The molecule has 6 fully saturated rings. The Hall–Kier alpha value is -3.90. The number of nitro groups is 2. The van der Waals surface area contributed by atoms with Gasteiger partial charge in [0.15, 0.2) is 0 Å². The van der Waals surface area contributed by atoms with Crippen molar-refractivity contribution in [3.05, 3.63) is 54.6 Å². The van der Waals surface area contributed by atoms with Gasteiger partial charge in [0, 0.05) is 24.3 Å². The topological polar surface area (TPSA) is 157 Å². The highest BCUT2D eigenvalue weighted by atomic mass is 16.6. The average molecular weight is 749 g/mol. The molecule has 0 heterocycles. The third-order valence-corrected chi connectivity index (χ3v) is 13.5. The van der Waals surface area contributed by atoms with Crippen molar-refractivity contribution in [2.75, 3.05) is 13.2 Å². The van der Waals surface area contributed by atoms with E-state index in [9.17, 15) is 29.8 Å². The van der Waals surface area contributed by atoms with Crippen molar-refractivity contribution in [1.82, 2.24) is 0 Å². The summed E-state index contributed by atoms with van der Waals surface area (Å²) in [6.07, 6.45) is 12.3. The Balaban J connectivity index is 1.26. The second-order valence-electron chi connectivity index (χ2n) is 16.7. The number of carbonyl (C=O) groups excluding carboxylic acids is 2. The molecule has 54 heavy (non-hydrogen) atoms. The quantitative estimate of drug-likeness (QED) is 0.0564. The molecule has 2 aromatic carbocycles. The van der Waals surface area contributed by atoms with Crippen LogP contribution in [-0.2, 0) is 19.1 Å². The van der Waals surface area contributed by atoms with Crippen LogP contribution in [0.15, 0.2) is 12.1 Å². The van der Waals surface area contributed by atoms with E-state index in [1.165, 1.54) is 12.1 Å². The van der Waals surface area contributed by atoms with Crippen LogP contribution in [0.25, 0.3) is 11.1 Å². The van der Waals surface area contributed by atoms with Crippen molar-refractivity contribution >= 4 is 23.3 Å². The zero-order valence-corrected chi connectivity index (χ0v) is 32.9. The molecule has 0 atom stereocenters. The summed E-state index contributed by atoms with van der Waals surface area (Å²) in [5.74, 6) is -1.18. The third-order valence-electron chi connectivity index (χ3n) is 13.5. The van der Waals surface area contributed by atoms with Crippen LogP contribution in [-0.4, -0.2) is 46.2 Å². The Labute approximate surface area is 317 Å². The lowest BCUT2D eigenvalue weighted by molar-refractivity contribution is -0.386. The normalized spacial score (nSPS) is 27.1. The number of nitro benzene ring substituents is 2. The average Bonchev–Trinajstić information content (AvgIpc) is 3.14. The maximum absolute atomic E-state index is 13.8. The molecular formula is C42H56N2O10. The van der Waals surface area contributed by atoms with E-state index < -0.39 is 32.6 Å². The predicted molar refractivity (Wildman–Crippen MR) is 203 cm³/mol. The van der Waals surface area contributed by atoms with E-state index >= 15 is 0 Å². The molecule has 4 bridgehead atoms. The predicted octanol–water partition coefficient (Wildman–Crippen LogP) is 10.0. The Morgan fingerprint density at radius 3 is 1.19 bits per heavy atom. The van der Waals surface area contributed by atoms with E-state index in [0.717, 1.165) is 64.2 Å². The minimum Gasteiger partial charge on any atom is -0.419 e. The molecule has 6 aliphatic rings. The standard InChI is InChI=1S/C42H56N2O10/c1-7-9-23-51-41-17-11-39(12-18-41,13-19-41)37(45)53-31-25-27(3)33(29(5)35(31)43(47)48)34-28(4)26-32(36(30(34)6)44(49)50)54-38(46)40-14-20-42(21-15-40,22-16-40)52-24-10-8-2/h25-26H,7-24H2,1-6H3. The van der Waals surface area contributed by atoms with Crippen LogP contribution in [0.4, 0.5) is 11.4 Å². The summed E-state index contributed by atoms with van der Waals surface area (Å²) in [5, 5.41) is 25.3. The van der Waals surface area contributed by atoms with Gasteiger partial charge in [-0.15, -0.1) is 0 Å². The van der Waals surface area contributed by atoms with Gasteiger partial charge in [-0.2, -0.15) is 0 Å². The largest absolute Gasteiger partial charge is 0.419 e. The van der Waals surface area contributed by atoms with E-state index in [1.54, 1.807) is 27.7 Å². The molecule has 0 spiro atoms. The lowest BCUT2D eigenvalue weighted by Crippen LogP contribution is -2.52. The Kier molecular flexibility index (Phi) is 11.3. The molecule has 12 nitrogen and oxygen atoms in total. The molecule has 2 aromatic rings. The summed E-state index contributed by atoms with van der Waals surface area (Å²) < 4.78 is 24.5. The lowest BCUT2D eigenvalue weighted by atomic mass is 9.58. The second-order valence-corrected chi connectivity index (χ2v) is 16.7. The van der Waals surface area contributed by atoms with E-state index in [0.29, 0.717) is 74.0 Å². The minimum atomic E-state index is -0.717. The van der Waals surface area contributed by atoms with Gasteiger partial charge in [0.25, 0.3) is 0 Å². The molecule has 0 N–H and O–H groups in total. The summed E-state index contributed by atoms with van der Waals surface area (Å²) in [5.41, 5.74) is -0.0820. The van der Waals surface area contributed by atoms with E-state index in [4.69, 9.17) is 18.9 Å². The van der Waals surface area contributed by atoms with E-state index in [2.05, 4.69) is 13.8 Å². The van der Waals surface area contributed by atoms with Gasteiger partial charge in [0.1, 0.15) is 0 Å². The van der Waals surface area contributed by atoms with Crippen molar-refractivity contribution in [3.63, 3.8) is 0 Å². The summed E-state index contributed by atoms with van der Waals surface area (Å²) in [4.78, 5) is 51.9. The first-order valence-corrected chi connectivity index (χ1v) is 19.9. The van der Waals surface area contributed by atoms with Crippen LogP contribution in [0.3, 0.4) is 0 Å². The maximum atomic E-state index is 13.8. The molecule has 0 saturated heterocycles. The summed E-state index contributed by atoms with van der Waals surface area (Å²) >= 11 is 0. The number of hydrogen-bond donors (Lipinski definition) is 0. The Morgan fingerprint density at radius 2 is 0.907 bits per heavy atom. The zero-order valence-electron chi connectivity index (χ0n) is 32.9. The van der Waals surface area contributed by atoms with Gasteiger partial charge in [-0.1, -0.05) is 26.7 Å². The third kappa shape index (κ3) is 7.16. The molecule has 294 valence electrons. The van der Waals surface area contributed by atoms with Gasteiger partial charge in [-0.05, 0) is 152 Å². The molecule has 0 aliphatic heterocycles. The highest BCUT2D eigenvalue weighted by molar-refractivity contribution is 5.88. The van der Waals surface area contributed by atoms with Gasteiger partial charge in [0.2, 0.25) is 11.5 Å². The Bertz CT molecular complexity index is 1650. The van der Waals surface area contributed by atoms with Crippen molar-refractivity contribution in [1.29, 1.82) is 0 Å². The van der Waals surface area contributed by atoms with Crippen LogP contribution in [0.1, 0.15) is 139 Å². The molecule has 0 aromatic heterocycles. The van der Waals surface area contributed by atoms with Crippen LogP contribution in [0.2, 0.25) is 0 Å². The molecule has 0 radical (unpaired) electrons. The van der Waals surface area contributed by atoms with Gasteiger partial charge in [-0.3, -0.25) is 29.8 Å². The number of ether oxygens (including phenoxy) is 4. The van der Waals surface area contributed by atoms with E-state index in [1.807, 2.05) is 0 Å². The zero-order chi connectivity index (χ0) is 39.1. The number of nitrogens with zero attached hydrogens (tertiary/aromatic N) is 2. The maximum Gasteiger partial charge on any atom is 0.317 e. The van der Waals surface area contributed by atoms with Crippen molar-refractivity contribution in [2.45, 2.75) is 155 Å². The lowest BCUT2D eigenvalue weighted by Gasteiger charge is -2.51. The fraction of sp³-hybridized carbons (Fsp3) is 0.667. The SMILES string of the molecule is CCCCOC12CCC(C(=O)Oc3cc(C)c(-c4c(C)cc(OC(=O)C56CCC(OCCCC)(CC5)CC6)c([N+](=O)[O-])c4C)c(C)c3[N+](=O)[O-])(CC1)CC2.